The van der Waals surface area contributed by atoms with Gasteiger partial charge in [0, 0.05) is 12.6 Å². The molecule has 0 saturated carbocycles. The predicted octanol–water partition coefficient (Wildman–Crippen LogP) is 1.68. The molecule has 0 aliphatic rings. The van der Waals surface area contributed by atoms with Crippen molar-refractivity contribution in [2.45, 2.75) is 38.7 Å². The van der Waals surface area contributed by atoms with Crippen LogP contribution in [-0.4, -0.2) is 22.8 Å². The van der Waals surface area contributed by atoms with Gasteiger partial charge in [0.15, 0.2) is 0 Å². The summed E-state index contributed by atoms with van der Waals surface area (Å²) in [5.41, 5.74) is 1.08. The number of hydrogen-bond donors (Lipinski definition) is 1. The summed E-state index contributed by atoms with van der Waals surface area (Å²) in [5, 5.41) is 6.59. The van der Waals surface area contributed by atoms with Gasteiger partial charge in [-0.25, -0.2) is 0 Å². The zero-order chi connectivity index (χ0) is 10.2. The van der Waals surface area contributed by atoms with Gasteiger partial charge >= 0.3 is 0 Å². The number of carbonyl (C=O) groups excluding carboxylic acids is 1. The fourth-order valence-corrected chi connectivity index (χ4v) is 1.38. The molecule has 0 fully saturated rings. The molecule has 0 aromatic carbocycles. The lowest BCUT2D eigenvalue weighted by atomic mass is 10.1. The quantitative estimate of drug-likeness (QED) is 0.675. The zero-order valence-electron chi connectivity index (χ0n) is 8.40. The average molecular weight is 196 g/mol. The van der Waals surface area contributed by atoms with E-state index in [2.05, 4.69) is 17.1 Å². The first-order valence-electron chi connectivity index (χ1n) is 4.93. The molecule has 1 unspecified atom stereocenters. The smallest absolute Gasteiger partial charge is 0.293 e. The summed E-state index contributed by atoms with van der Waals surface area (Å²) in [7, 11) is 0. The first-order chi connectivity index (χ1) is 6.86. The molecule has 78 valence electrons. The summed E-state index contributed by atoms with van der Waals surface area (Å²) < 4.78 is 5.00. The zero-order valence-corrected chi connectivity index (χ0v) is 8.40. The van der Waals surface area contributed by atoms with Gasteiger partial charge in [0.2, 0.25) is 0 Å². The Morgan fingerprint density at radius 1 is 1.71 bits per heavy atom. The predicted molar refractivity (Wildman–Crippen MR) is 52.8 cm³/mol. The van der Waals surface area contributed by atoms with Crippen LogP contribution in [-0.2, 0) is 16.0 Å². The molecule has 1 aromatic rings. The number of nitrogens with zero attached hydrogens (tertiary/aromatic N) is 1. The molecule has 0 amide bonds. The molecule has 0 bridgehead atoms. The van der Waals surface area contributed by atoms with Crippen molar-refractivity contribution in [3.05, 3.63) is 18.0 Å². The molecule has 0 aliphatic carbocycles. The van der Waals surface area contributed by atoms with E-state index in [4.69, 9.17) is 4.74 Å². The van der Waals surface area contributed by atoms with E-state index < -0.39 is 0 Å². The van der Waals surface area contributed by atoms with Crippen molar-refractivity contribution in [2.75, 3.05) is 0 Å². The molecule has 1 heterocycles. The molecule has 1 N–H and O–H groups in total. The monoisotopic (exact) mass is 196 g/mol. The Labute approximate surface area is 83.7 Å². The molecular weight excluding hydrogens is 180 g/mol. The summed E-state index contributed by atoms with van der Waals surface area (Å²) in [6.45, 7) is 2.65. The third-order valence-electron chi connectivity index (χ3n) is 2.15. The van der Waals surface area contributed by atoms with Gasteiger partial charge in [-0.3, -0.25) is 9.89 Å². The van der Waals surface area contributed by atoms with Crippen molar-refractivity contribution in [3.8, 4) is 0 Å². The number of aromatic nitrogens is 2. The van der Waals surface area contributed by atoms with E-state index in [-0.39, 0.29) is 6.10 Å². The summed E-state index contributed by atoms with van der Waals surface area (Å²) in [5.74, 6) is 0. The molecule has 4 nitrogen and oxygen atoms in total. The molecular formula is C10H16N2O2. The molecule has 0 aliphatic heterocycles. The number of aromatic amines is 1. The number of ether oxygens (including phenoxy) is 1. The van der Waals surface area contributed by atoms with E-state index in [0.29, 0.717) is 6.47 Å². The van der Waals surface area contributed by atoms with Crippen molar-refractivity contribution < 1.29 is 9.53 Å². The lowest BCUT2D eigenvalue weighted by Gasteiger charge is -2.13. The molecule has 1 atom stereocenters. The van der Waals surface area contributed by atoms with Gasteiger partial charge in [-0.05, 0) is 12.0 Å². The largest absolute Gasteiger partial charge is 0.464 e. The highest BCUT2D eigenvalue weighted by atomic mass is 16.5. The van der Waals surface area contributed by atoms with Crippen LogP contribution >= 0.6 is 0 Å². The Hall–Kier alpha value is -1.32. The van der Waals surface area contributed by atoms with Crippen LogP contribution in [0.5, 0.6) is 0 Å². The van der Waals surface area contributed by atoms with E-state index in [1.54, 1.807) is 6.20 Å². The van der Waals surface area contributed by atoms with E-state index in [1.165, 1.54) is 0 Å². The summed E-state index contributed by atoms with van der Waals surface area (Å²) in [6.07, 6.45) is 7.43. The van der Waals surface area contributed by atoms with Crippen molar-refractivity contribution in [2.24, 2.45) is 0 Å². The maximum Gasteiger partial charge on any atom is 0.293 e. The first kappa shape index (κ1) is 10.8. The van der Waals surface area contributed by atoms with Gasteiger partial charge in [-0.15, -0.1) is 0 Å². The van der Waals surface area contributed by atoms with E-state index >= 15 is 0 Å². The van der Waals surface area contributed by atoms with E-state index in [9.17, 15) is 4.79 Å². The highest BCUT2D eigenvalue weighted by Crippen LogP contribution is 2.10. The van der Waals surface area contributed by atoms with Crippen LogP contribution in [0.3, 0.4) is 0 Å². The minimum absolute atomic E-state index is 0.00921. The SMILES string of the molecule is CCCCC(Cc1cn[nH]c1)OC=O. The van der Waals surface area contributed by atoms with Crippen LogP contribution in [0.25, 0.3) is 0 Å². The number of hydrogen-bond acceptors (Lipinski definition) is 3. The molecule has 14 heavy (non-hydrogen) atoms. The molecule has 1 aromatic heterocycles. The van der Waals surface area contributed by atoms with Crippen LogP contribution in [0.15, 0.2) is 12.4 Å². The van der Waals surface area contributed by atoms with Gasteiger partial charge in [-0.2, -0.15) is 5.10 Å². The number of carbonyl (C=O) groups is 1. The lowest BCUT2D eigenvalue weighted by molar-refractivity contribution is -0.133. The highest BCUT2D eigenvalue weighted by molar-refractivity contribution is 5.37. The second-order valence-electron chi connectivity index (χ2n) is 3.31. The van der Waals surface area contributed by atoms with Crippen LogP contribution in [0.1, 0.15) is 31.7 Å². The second-order valence-corrected chi connectivity index (χ2v) is 3.31. The van der Waals surface area contributed by atoms with Gasteiger partial charge in [0.1, 0.15) is 6.10 Å². The van der Waals surface area contributed by atoms with Gasteiger partial charge < -0.3 is 4.74 Å². The van der Waals surface area contributed by atoms with Crippen molar-refractivity contribution in [1.82, 2.24) is 10.2 Å². The Balaban J connectivity index is 2.38. The lowest BCUT2D eigenvalue weighted by Crippen LogP contribution is -2.15. The Morgan fingerprint density at radius 2 is 2.57 bits per heavy atom. The standard InChI is InChI=1S/C10H16N2O2/c1-2-3-4-10(14-8-13)5-9-6-11-12-7-9/h6-8,10H,2-5H2,1H3,(H,11,12). The number of unbranched alkanes of at least 4 members (excludes halogenated alkanes) is 1. The normalized spacial score (nSPS) is 12.4. The molecule has 1 rings (SSSR count). The minimum atomic E-state index is -0.00921. The Kier molecular flexibility index (Phi) is 4.75. The summed E-state index contributed by atoms with van der Waals surface area (Å²) >= 11 is 0. The Bertz CT molecular complexity index is 247. The van der Waals surface area contributed by atoms with Crippen molar-refractivity contribution in [3.63, 3.8) is 0 Å². The number of H-pyrrole nitrogens is 1. The topological polar surface area (TPSA) is 55.0 Å². The maximum atomic E-state index is 10.3. The molecule has 0 saturated heterocycles. The average Bonchev–Trinajstić information content (AvgIpc) is 2.67. The third-order valence-corrected chi connectivity index (χ3v) is 2.15. The minimum Gasteiger partial charge on any atom is -0.464 e. The summed E-state index contributed by atoms with van der Waals surface area (Å²) in [4.78, 5) is 10.3. The number of rotatable bonds is 7. The summed E-state index contributed by atoms with van der Waals surface area (Å²) in [6, 6.07) is 0. The van der Waals surface area contributed by atoms with Gasteiger partial charge in [-0.1, -0.05) is 19.8 Å². The van der Waals surface area contributed by atoms with E-state index in [1.807, 2.05) is 6.20 Å². The molecule has 0 spiro atoms. The number of nitrogens with one attached hydrogen (secondary N) is 1. The Morgan fingerprint density at radius 3 is 3.14 bits per heavy atom. The van der Waals surface area contributed by atoms with E-state index in [0.717, 1.165) is 31.2 Å². The second kappa shape index (κ2) is 6.18. The molecule has 4 heteroatoms. The molecule has 0 radical (unpaired) electrons. The highest BCUT2D eigenvalue weighted by Gasteiger charge is 2.10. The van der Waals surface area contributed by atoms with Crippen LogP contribution in [0, 0.1) is 0 Å². The third kappa shape index (κ3) is 3.60. The fourth-order valence-electron chi connectivity index (χ4n) is 1.38. The van der Waals surface area contributed by atoms with Crippen LogP contribution < -0.4 is 0 Å². The van der Waals surface area contributed by atoms with Gasteiger partial charge in [0.05, 0.1) is 6.20 Å². The van der Waals surface area contributed by atoms with Crippen LogP contribution in [0.2, 0.25) is 0 Å². The van der Waals surface area contributed by atoms with Gasteiger partial charge in [0.25, 0.3) is 6.47 Å². The van der Waals surface area contributed by atoms with Crippen LogP contribution in [0.4, 0.5) is 0 Å². The van der Waals surface area contributed by atoms with Crippen molar-refractivity contribution >= 4 is 6.47 Å². The maximum absolute atomic E-state index is 10.3. The fraction of sp³-hybridized carbons (Fsp3) is 0.600. The van der Waals surface area contributed by atoms with Crippen molar-refractivity contribution in [1.29, 1.82) is 0 Å². The first-order valence-corrected chi connectivity index (χ1v) is 4.93.